The summed E-state index contributed by atoms with van der Waals surface area (Å²) in [6.45, 7) is 11.7. The molecule has 0 N–H and O–H groups in total. The molecule has 1 aliphatic heterocycles. The number of imide groups is 1. The van der Waals surface area contributed by atoms with Crippen molar-refractivity contribution in [2.45, 2.75) is 47.3 Å². The molecular formula is C26H32N2O3. The minimum atomic E-state index is -0.245. The Hall–Kier alpha value is -2.92. The van der Waals surface area contributed by atoms with Gasteiger partial charge in [-0.15, -0.1) is 0 Å². The summed E-state index contributed by atoms with van der Waals surface area (Å²) in [6, 6.07) is 16.0. The topological polar surface area (TPSA) is 49.9 Å². The number of hydrogen-bond acceptors (Lipinski definition) is 4. The molecule has 5 nitrogen and oxygen atoms in total. The highest BCUT2D eigenvalue weighted by atomic mass is 16.5. The maximum atomic E-state index is 13.5. The Morgan fingerprint density at radius 3 is 2.32 bits per heavy atom. The van der Waals surface area contributed by atoms with Gasteiger partial charge in [-0.05, 0) is 51.3 Å². The van der Waals surface area contributed by atoms with Gasteiger partial charge in [0.15, 0.2) is 0 Å². The third kappa shape index (κ3) is 5.05. The predicted molar refractivity (Wildman–Crippen MR) is 123 cm³/mol. The van der Waals surface area contributed by atoms with Crippen molar-refractivity contribution in [2.75, 3.05) is 19.7 Å². The Morgan fingerprint density at radius 2 is 1.71 bits per heavy atom. The molecule has 2 aromatic carbocycles. The number of rotatable bonds is 9. The molecule has 0 bridgehead atoms. The van der Waals surface area contributed by atoms with E-state index < -0.39 is 0 Å². The summed E-state index contributed by atoms with van der Waals surface area (Å²) in [4.78, 5) is 30.3. The average Bonchev–Trinajstić information content (AvgIpc) is 2.97. The minimum Gasteiger partial charge on any atom is -0.377 e. The van der Waals surface area contributed by atoms with E-state index in [1.807, 2.05) is 82.0 Å². The lowest BCUT2D eigenvalue weighted by Gasteiger charge is -2.25. The van der Waals surface area contributed by atoms with Gasteiger partial charge >= 0.3 is 0 Å². The van der Waals surface area contributed by atoms with Crippen LogP contribution in [0.4, 0.5) is 0 Å². The van der Waals surface area contributed by atoms with Gasteiger partial charge in [0, 0.05) is 13.1 Å². The van der Waals surface area contributed by atoms with Crippen LogP contribution in [0.15, 0.2) is 54.2 Å². The number of ether oxygens (including phenoxy) is 1. The van der Waals surface area contributed by atoms with Crippen LogP contribution in [-0.2, 0) is 20.9 Å². The molecule has 2 amide bonds. The van der Waals surface area contributed by atoms with E-state index in [1.54, 1.807) is 0 Å². The number of carbonyl (C=O) groups is 2. The number of benzene rings is 2. The van der Waals surface area contributed by atoms with Crippen molar-refractivity contribution in [3.8, 4) is 0 Å². The van der Waals surface area contributed by atoms with Crippen LogP contribution in [-0.4, -0.2) is 47.4 Å². The second-order valence-electron chi connectivity index (χ2n) is 8.22. The van der Waals surface area contributed by atoms with Gasteiger partial charge in [0.2, 0.25) is 0 Å². The van der Waals surface area contributed by atoms with Crippen molar-refractivity contribution in [3.05, 3.63) is 76.5 Å². The summed E-state index contributed by atoms with van der Waals surface area (Å²) in [5, 5.41) is 0. The normalized spacial score (nSPS) is 14.2. The SMILES string of the molecule is CCN(Cc1ccccc1)C1=C(c2ccc(C)cc2C)C(=O)N(CCOC(C)C)C1=O. The van der Waals surface area contributed by atoms with Crippen LogP contribution < -0.4 is 0 Å². The molecule has 2 aromatic rings. The first-order valence-electron chi connectivity index (χ1n) is 10.9. The first-order chi connectivity index (χ1) is 14.8. The molecule has 3 rings (SSSR count). The summed E-state index contributed by atoms with van der Waals surface area (Å²) in [7, 11) is 0. The molecule has 5 heteroatoms. The number of amides is 2. The van der Waals surface area contributed by atoms with Crippen molar-refractivity contribution in [3.63, 3.8) is 0 Å². The fourth-order valence-electron chi connectivity index (χ4n) is 3.93. The second-order valence-corrected chi connectivity index (χ2v) is 8.22. The van der Waals surface area contributed by atoms with E-state index in [2.05, 4.69) is 6.07 Å². The third-order valence-electron chi connectivity index (χ3n) is 5.48. The van der Waals surface area contributed by atoms with Crippen molar-refractivity contribution >= 4 is 17.4 Å². The van der Waals surface area contributed by atoms with E-state index in [9.17, 15) is 9.59 Å². The standard InChI is InChI=1S/C26H32N2O3/c1-6-27(17-21-10-8-7-9-11-21)24-23(22-13-12-19(4)16-20(22)5)25(29)28(26(24)30)14-15-31-18(2)3/h7-13,16,18H,6,14-15,17H2,1-5H3. The van der Waals surface area contributed by atoms with Crippen LogP contribution in [0.3, 0.4) is 0 Å². The molecule has 1 heterocycles. The Morgan fingerprint density at radius 1 is 1.00 bits per heavy atom. The smallest absolute Gasteiger partial charge is 0.277 e. The van der Waals surface area contributed by atoms with Crippen molar-refractivity contribution in [1.82, 2.24) is 9.80 Å². The minimum absolute atomic E-state index is 0.0456. The monoisotopic (exact) mass is 420 g/mol. The largest absolute Gasteiger partial charge is 0.377 e. The van der Waals surface area contributed by atoms with Crippen LogP contribution in [0.25, 0.3) is 5.57 Å². The highest BCUT2D eigenvalue weighted by molar-refractivity contribution is 6.35. The zero-order valence-corrected chi connectivity index (χ0v) is 19.1. The van der Waals surface area contributed by atoms with E-state index in [4.69, 9.17) is 4.74 Å². The van der Waals surface area contributed by atoms with Gasteiger partial charge in [-0.3, -0.25) is 14.5 Å². The van der Waals surface area contributed by atoms with Crippen LogP contribution in [0, 0.1) is 13.8 Å². The zero-order valence-electron chi connectivity index (χ0n) is 19.1. The fraction of sp³-hybridized carbons (Fsp3) is 0.385. The number of aryl methyl sites for hydroxylation is 2. The van der Waals surface area contributed by atoms with Gasteiger partial charge < -0.3 is 9.64 Å². The summed E-state index contributed by atoms with van der Waals surface area (Å²) in [5.74, 6) is -0.490. The molecule has 164 valence electrons. The van der Waals surface area contributed by atoms with Crippen molar-refractivity contribution < 1.29 is 14.3 Å². The van der Waals surface area contributed by atoms with Crippen LogP contribution >= 0.6 is 0 Å². The van der Waals surface area contributed by atoms with E-state index in [1.165, 1.54) is 4.90 Å². The quantitative estimate of drug-likeness (QED) is 0.567. The van der Waals surface area contributed by atoms with Crippen LogP contribution in [0.5, 0.6) is 0 Å². The summed E-state index contributed by atoms with van der Waals surface area (Å²) < 4.78 is 5.62. The Labute approximate surface area is 185 Å². The number of nitrogens with zero attached hydrogens (tertiary/aromatic N) is 2. The molecule has 0 aliphatic carbocycles. The molecule has 1 aliphatic rings. The Balaban J connectivity index is 2.04. The average molecular weight is 421 g/mol. The van der Waals surface area contributed by atoms with Gasteiger partial charge in [-0.25, -0.2) is 0 Å². The first-order valence-corrected chi connectivity index (χ1v) is 10.9. The lowest BCUT2D eigenvalue weighted by Crippen LogP contribution is -2.37. The van der Waals surface area contributed by atoms with E-state index in [0.717, 1.165) is 22.3 Å². The molecule has 0 radical (unpaired) electrons. The summed E-state index contributed by atoms with van der Waals surface area (Å²) >= 11 is 0. The molecule has 0 unspecified atom stereocenters. The number of likely N-dealkylation sites (N-methyl/N-ethyl adjacent to an activating group) is 1. The van der Waals surface area contributed by atoms with E-state index >= 15 is 0 Å². The lowest BCUT2D eigenvalue weighted by atomic mass is 9.97. The molecule has 0 fully saturated rings. The number of hydrogen-bond donors (Lipinski definition) is 0. The van der Waals surface area contributed by atoms with Gasteiger partial charge in [0.05, 0.1) is 24.8 Å². The molecule has 0 saturated carbocycles. The highest BCUT2D eigenvalue weighted by Gasteiger charge is 2.41. The van der Waals surface area contributed by atoms with Crippen molar-refractivity contribution in [1.29, 1.82) is 0 Å². The molecule has 0 spiro atoms. The molecular weight excluding hydrogens is 388 g/mol. The molecule has 0 atom stereocenters. The first kappa shape index (κ1) is 22.8. The van der Waals surface area contributed by atoms with E-state index in [0.29, 0.717) is 31.0 Å². The molecule has 0 aromatic heterocycles. The van der Waals surface area contributed by atoms with Gasteiger partial charge in [-0.1, -0.05) is 54.1 Å². The van der Waals surface area contributed by atoms with Gasteiger partial charge in [0.25, 0.3) is 11.8 Å². The van der Waals surface area contributed by atoms with Crippen molar-refractivity contribution in [2.24, 2.45) is 0 Å². The Bertz CT molecular complexity index is 979. The van der Waals surface area contributed by atoms with Gasteiger partial charge in [-0.2, -0.15) is 0 Å². The Kier molecular flexibility index (Phi) is 7.29. The summed E-state index contributed by atoms with van der Waals surface area (Å²) in [5.41, 5.74) is 5.00. The predicted octanol–water partition coefficient (Wildman–Crippen LogP) is 4.33. The highest BCUT2D eigenvalue weighted by Crippen LogP contribution is 2.34. The summed E-state index contributed by atoms with van der Waals surface area (Å²) in [6.07, 6.45) is 0.0456. The lowest BCUT2D eigenvalue weighted by molar-refractivity contribution is -0.138. The maximum absolute atomic E-state index is 13.5. The number of carbonyl (C=O) groups excluding carboxylic acids is 2. The van der Waals surface area contributed by atoms with Crippen LogP contribution in [0.1, 0.15) is 43.0 Å². The zero-order chi connectivity index (χ0) is 22.5. The third-order valence-corrected chi connectivity index (χ3v) is 5.48. The van der Waals surface area contributed by atoms with E-state index in [-0.39, 0.29) is 24.5 Å². The fourth-order valence-corrected chi connectivity index (χ4v) is 3.93. The van der Waals surface area contributed by atoms with Gasteiger partial charge in [0.1, 0.15) is 5.70 Å². The molecule has 0 saturated heterocycles. The molecule has 31 heavy (non-hydrogen) atoms. The maximum Gasteiger partial charge on any atom is 0.277 e. The second kappa shape index (κ2) is 9.92. The van der Waals surface area contributed by atoms with Crippen LogP contribution in [0.2, 0.25) is 0 Å².